The number of amides is 1. The molecule has 0 saturated heterocycles. The first-order valence-electron chi connectivity index (χ1n) is 8.27. The lowest BCUT2D eigenvalue weighted by Crippen LogP contribution is -2.56. The molecule has 1 unspecified atom stereocenters. The highest BCUT2D eigenvalue weighted by atomic mass is 35.5. The third-order valence-electron chi connectivity index (χ3n) is 4.88. The van der Waals surface area contributed by atoms with Crippen LogP contribution in [0.4, 0.5) is 0 Å². The predicted octanol–water partition coefficient (Wildman–Crippen LogP) is 3.49. The largest absolute Gasteiger partial charge is 0.487 e. The summed E-state index contributed by atoms with van der Waals surface area (Å²) in [6, 6.07) is 7.91. The van der Waals surface area contributed by atoms with Crippen LogP contribution in [0.25, 0.3) is 0 Å². The van der Waals surface area contributed by atoms with Gasteiger partial charge in [0, 0.05) is 12.0 Å². The van der Waals surface area contributed by atoms with E-state index in [1.165, 1.54) is 6.42 Å². The minimum absolute atomic E-state index is 0. The molecule has 0 aromatic heterocycles. The van der Waals surface area contributed by atoms with Crippen molar-refractivity contribution >= 4 is 18.3 Å². The van der Waals surface area contributed by atoms with Crippen LogP contribution in [0.15, 0.2) is 24.3 Å². The minimum atomic E-state index is -0.699. The van der Waals surface area contributed by atoms with Gasteiger partial charge >= 0.3 is 0 Å². The van der Waals surface area contributed by atoms with Gasteiger partial charge in [0.1, 0.15) is 11.4 Å². The maximum Gasteiger partial charge on any atom is 0.240 e. The number of carbonyl (C=O) groups excluding carboxylic acids is 1. The molecular formula is C18H27ClN2O2. The van der Waals surface area contributed by atoms with Gasteiger partial charge in [-0.3, -0.25) is 4.79 Å². The molecule has 1 heterocycles. The number of nitrogens with two attached hydrogens (primary N) is 1. The van der Waals surface area contributed by atoms with Crippen molar-refractivity contribution in [3.63, 3.8) is 0 Å². The van der Waals surface area contributed by atoms with Crippen LogP contribution in [0.2, 0.25) is 0 Å². The maximum absolute atomic E-state index is 12.7. The smallest absolute Gasteiger partial charge is 0.240 e. The SMILES string of the molecule is CC1(C)CC(NC(=O)C2(N)CCCCC2)c2ccccc2O1.Cl. The maximum atomic E-state index is 12.7. The summed E-state index contributed by atoms with van der Waals surface area (Å²) in [6.07, 6.45) is 5.59. The zero-order valence-electron chi connectivity index (χ0n) is 13.9. The Hall–Kier alpha value is -1.26. The van der Waals surface area contributed by atoms with Crippen molar-refractivity contribution < 1.29 is 9.53 Å². The number of fused-ring (bicyclic) bond motifs is 1. The molecule has 3 N–H and O–H groups in total. The fourth-order valence-electron chi connectivity index (χ4n) is 3.64. The van der Waals surface area contributed by atoms with Gasteiger partial charge < -0.3 is 15.8 Å². The summed E-state index contributed by atoms with van der Waals surface area (Å²) >= 11 is 0. The molecule has 1 fully saturated rings. The van der Waals surface area contributed by atoms with Gasteiger partial charge in [-0.05, 0) is 32.8 Å². The molecule has 0 spiro atoms. The summed E-state index contributed by atoms with van der Waals surface area (Å²) in [5.41, 5.74) is 6.42. The fraction of sp³-hybridized carbons (Fsp3) is 0.611. The molecule has 3 rings (SSSR count). The van der Waals surface area contributed by atoms with Gasteiger partial charge in [0.15, 0.2) is 0 Å². The molecule has 1 aromatic carbocycles. The van der Waals surface area contributed by atoms with E-state index in [-0.39, 0.29) is 30.0 Å². The normalized spacial score (nSPS) is 24.6. The van der Waals surface area contributed by atoms with Crippen LogP contribution >= 0.6 is 12.4 Å². The number of rotatable bonds is 2. The van der Waals surface area contributed by atoms with Gasteiger partial charge in [0.25, 0.3) is 0 Å². The van der Waals surface area contributed by atoms with Gasteiger partial charge in [-0.1, -0.05) is 37.5 Å². The van der Waals surface area contributed by atoms with E-state index in [4.69, 9.17) is 10.5 Å². The summed E-state index contributed by atoms with van der Waals surface area (Å²) in [6.45, 7) is 4.11. The molecule has 23 heavy (non-hydrogen) atoms. The number of nitrogens with one attached hydrogen (secondary N) is 1. The van der Waals surface area contributed by atoms with E-state index < -0.39 is 5.54 Å². The molecule has 1 aliphatic carbocycles. The van der Waals surface area contributed by atoms with Gasteiger partial charge in [-0.2, -0.15) is 0 Å². The predicted molar refractivity (Wildman–Crippen MR) is 93.9 cm³/mol. The number of benzene rings is 1. The highest BCUT2D eigenvalue weighted by Crippen LogP contribution is 2.39. The topological polar surface area (TPSA) is 64.4 Å². The standard InChI is InChI=1S/C18H26N2O2.ClH/c1-17(2)12-14(13-8-4-5-9-15(13)22-17)20-16(21)18(19)10-6-3-7-11-18;/h4-5,8-9,14H,3,6-7,10-12,19H2,1-2H3,(H,20,21);1H. The first-order valence-corrected chi connectivity index (χ1v) is 8.27. The third kappa shape index (κ3) is 3.81. The van der Waals surface area contributed by atoms with E-state index in [1.54, 1.807) is 0 Å². The Morgan fingerprint density at radius 3 is 2.57 bits per heavy atom. The summed E-state index contributed by atoms with van der Waals surface area (Å²) < 4.78 is 6.02. The Bertz CT molecular complexity index is 568. The van der Waals surface area contributed by atoms with E-state index in [2.05, 4.69) is 19.2 Å². The second kappa shape index (κ2) is 6.70. The van der Waals surface area contributed by atoms with Crippen molar-refractivity contribution in [2.24, 2.45) is 5.73 Å². The zero-order chi connectivity index (χ0) is 15.8. The molecule has 1 aromatic rings. The monoisotopic (exact) mass is 338 g/mol. The molecule has 5 heteroatoms. The number of ether oxygens (including phenoxy) is 1. The third-order valence-corrected chi connectivity index (χ3v) is 4.88. The molecule has 0 radical (unpaired) electrons. The van der Waals surface area contributed by atoms with Crippen LogP contribution in [-0.2, 0) is 4.79 Å². The molecule has 1 amide bonds. The Balaban J connectivity index is 0.00000192. The van der Waals surface area contributed by atoms with Crippen molar-refractivity contribution in [2.75, 3.05) is 0 Å². The highest BCUT2D eigenvalue weighted by molar-refractivity contribution is 5.86. The molecular weight excluding hydrogens is 312 g/mol. The molecule has 1 saturated carbocycles. The highest BCUT2D eigenvalue weighted by Gasteiger charge is 2.39. The van der Waals surface area contributed by atoms with Crippen LogP contribution in [-0.4, -0.2) is 17.0 Å². The van der Waals surface area contributed by atoms with Crippen molar-refractivity contribution in [3.05, 3.63) is 29.8 Å². The van der Waals surface area contributed by atoms with E-state index in [0.29, 0.717) is 0 Å². The molecule has 2 aliphatic rings. The van der Waals surface area contributed by atoms with Gasteiger partial charge in [0.05, 0.1) is 11.6 Å². The molecule has 4 nitrogen and oxygen atoms in total. The first-order chi connectivity index (χ1) is 10.4. The molecule has 1 aliphatic heterocycles. The fourth-order valence-corrected chi connectivity index (χ4v) is 3.64. The van der Waals surface area contributed by atoms with Crippen molar-refractivity contribution in [3.8, 4) is 5.75 Å². The van der Waals surface area contributed by atoms with E-state index in [0.717, 1.165) is 43.4 Å². The average Bonchev–Trinajstić information content (AvgIpc) is 2.47. The Morgan fingerprint density at radius 1 is 1.22 bits per heavy atom. The molecule has 128 valence electrons. The second-order valence-electron chi connectivity index (χ2n) is 7.35. The zero-order valence-corrected chi connectivity index (χ0v) is 14.7. The number of halogens is 1. The van der Waals surface area contributed by atoms with Crippen LogP contribution in [0.5, 0.6) is 5.75 Å². The van der Waals surface area contributed by atoms with Crippen LogP contribution in [0.3, 0.4) is 0 Å². The first kappa shape index (κ1) is 18.1. The number of hydrogen-bond donors (Lipinski definition) is 2. The van der Waals surface area contributed by atoms with Crippen LogP contribution in [0, 0.1) is 0 Å². The lowest BCUT2D eigenvalue weighted by molar-refractivity contribution is -0.128. The molecule has 1 atom stereocenters. The summed E-state index contributed by atoms with van der Waals surface area (Å²) in [4.78, 5) is 12.7. The summed E-state index contributed by atoms with van der Waals surface area (Å²) in [5, 5.41) is 3.20. The van der Waals surface area contributed by atoms with Gasteiger partial charge in [-0.15, -0.1) is 12.4 Å². The second-order valence-corrected chi connectivity index (χ2v) is 7.35. The van der Waals surface area contributed by atoms with E-state index in [1.807, 2.05) is 24.3 Å². The average molecular weight is 339 g/mol. The lowest BCUT2D eigenvalue weighted by atomic mass is 9.81. The quantitative estimate of drug-likeness (QED) is 0.867. The number of carbonyl (C=O) groups is 1. The molecule has 0 bridgehead atoms. The Labute approximate surface area is 144 Å². The minimum Gasteiger partial charge on any atom is -0.487 e. The van der Waals surface area contributed by atoms with Crippen molar-refractivity contribution in [1.82, 2.24) is 5.32 Å². The van der Waals surface area contributed by atoms with Crippen LogP contribution in [0.1, 0.15) is 64.0 Å². The Kier molecular flexibility index (Phi) is 5.27. The summed E-state index contributed by atoms with van der Waals surface area (Å²) in [7, 11) is 0. The summed E-state index contributed by atoms with van der Waals surface area (Å²) in [5.74, 6) is 0.850. The van der Waals surface area contributed by atoms with Gasteiger partial charge in [0.2, 0.25) is 5.91 Å². The van der Waals surface area contributed by atoms with E-state index in [9.17, 15) is 4.79 Å². The number of hydrogen-bond acceptors (Lipinski definition) is 3. The van der Waals surface area contributed by atoms with Crippen molar-refractivity contribution in [1.29, 1.82) is 0 Å². The van der Waals surface area contributed by atoms with Gasteiger partial charge in [-0.25, -0.2) is 0 Å². The van der Waals surface area contributed by atoms with Crippen molar-refractivity contribution in [2.45, 2.75) is 69.6 Å². The Morgan fingerprint density at radius 2 is 1.87 bits per heavy atom. The number of para-hydroxylation sites is 1. The van der Waals surface area contributed by atoms with Crippen LogP contribution < -0.4 is 15.8 Å². The lowest BCUT2D eigenvalue weighted by Gasteiger charge is -2.40. The van der Waals surface area contributed by atoms with E-state index >= 15 is 0 Å².